The van der Waals surface area contributed by atoms with Gasteiger partial charge in [-0.15, -0.1) is 0 Å². The molecular formula is C9H17N3OS. The van der Waals surface area contributed by atoms with E-state index in [0.717, 1.165) is 12.4 Å². The Hall–Kier alpha value is -0.680. The average molecular weight is 215 g/mol. The predicted molar refractivity (Wildman–Crippen MR) is 57.6 cm³/mol. The molecule has 0 aliphatic heterocycles. The van der Waals surface area contributed by atoms with Crippen LogP contribution in [0.1, 0.15) is 26.6 Å². The highest BCUT2D eigenvalue weighted by atomic mass is 32.1. The van der Waals surface area contributed by atoms with Gasteiger partial charge in [-0.1, -0.05) is 13.8 Å². The second-order valence-corrected chi connectivity index (χ2v) is 4.39. The summed E-state index contributed by atoms with van der Waals surface area (Å²) in [4.78, 5) is 0. The van der Waals surface area contributed by atoms with Crippen molar-refractivity contribution in [3.63, 3.8) is 0 Å². The molecule has 0 spiro atoms. The number of rotatable bonds is 4. The number of aliphatic hydroxyl groups excluding tert-OH is 1. The molecule has 80 valence electrons. The van der Waals surface area contributed by atoms with Crippen LogP contribution in [0.5, 0.6) is 0 Å². The van der Waals surface area contributed by atoms with Crippen molar-refractivity contribution in [2.45, 2.75) is 39.8 Å². The van der Waals surface area contributed by atoms with E-state index >= 15 is 0 Å². The Labute approximate surface area is 89.0 Å². The Morgan fingerprint density at radius 2 is 2.14 bits per heavy atom. The number of hydrogen-bond donors (Lipinski definition) is 2. The highest BCUT2D eigenvalue weighted by Crippen LogP contribution is 2.06. The third-order valence-electron chi connectivity index (χ3n) is 1.86. The second kappa shape index (κ2) is 4.70. The normalized spacial score (nSPS) is 13.5. The lowest BCUT2D eigenvalue weighted by Crippen LogP contribution is -2.14. The molecule has 0 saturated heterocycles. The number of aliphatic hydroxyl groups is 1. The molecule has 1 rings (SSSR count). The summed E-state index contributed by atoms with van der Waals surface area (Å²) in [6, 6.07) is 0. The van der Waals surface area contributed by atoms with Crippen molar-refractivity contribution in [3.05, 3.63) is 10.6 Å². The van der Waals surface area contributed by atoms with Crippen LogP contribution in [0.15, 0.2) is 0 Å². The number of aromatic amines is 1. The van der Waals surface area contributed by atoms with E-state index in [4.69, 9.17) is 12.2 Å². The van der Waals surface area contributed by atoms with Crippen LogP contribution >= 0.6 is 12.2 Å². The van der Waals surface area contributed by atoms with E-state index < -0.39 is 0 Å². The van der Waals surface area contributed by atoms with Crippen molar-refractivity contribution in [2.24, 2.45) is 5.92 Å². The lowest BCUT2D eigenvalue weighted by atomic mass is 10.2. The standard InChI is InChI=1S/C9H17N3OS/c1-6(2)5-12-8(4-7(3)13)10-11-9(12)14/h6-7,13H,4-5H2,1-3H3,(H,11,14)/t7-/m0/s1. The molecule has 0 aliphatic rings. The molecule has 5 heteroatoms. The van der Waals surface area contributed by atoms with Crippen LogP contribution in [0, 0.1) is 10.7 Å². The van der Waals surface area contributed by atoms with Gasteiger partial charge in [-0.05, 0) is 25.1 Å². The fourth-order valence-electron chi connectivity index (χ4n) is 1.32. The monoisotopic (exact) mass is 215 g/mol. The Morgan fingerprint density at radius 3 is 2.64 bits per heavy atom. The average Bonchev–Trinajstić information content (AvgIpc) is 2.34. The molecule has 2 N–H and O–H groups in total. The van der Waals surface area contributed by atoms with Crippen molar-refractivity contribution in [3.8, 4) is 0 Å². The number of hydrogen-bond acceptors (Lipinski definition) is 3. The van der Waals surface area contributed by atoms with Crippen LogP contribution in [0.4, 0.5) is 0 Å². The quantitative estimate of drug-likeness (QED) is 0.749. The first kappa shape index (κ1) is 11.4. The molecule has 0 aliphatic carbocycles. The molecule has 0 radical (unpaired) electrons. The van der Waals surface area contributed by atoms with Crippen LogP contribution < -0.4 is 0 Å². The summed E-state index contributed by atoms with van der Waals surface area (Å²) in [6.45, 7) is 6.84. The van der Waals surface area contributed by atoms with E-state index in [1.165, 1.54) is 0 Å². The fraction of sp³-hybridized carbons (Fsp3) is 0.778. The Kier molecular flexibility index (Phi) is 3.83. The molecule has 0 fully saturated rings. The van der Waals surface area contributed by atoms with Crippen LogP contribution in [0.25, 0.3) is 0 Å². The lowest BCUT2D eigenvalue weighted by Gasteiger charge is -2.09. The first-order valence-electron chi connectivity index (χ1n) is 4.83. The number of nitrogens with zero attached hydrogens (tertiary/aromatic N) is 2. The van der Waals surface area contributed by atoms with Crippen LogP contribution in [0.3, 0.4) is 0 Å². The predicted octanol–water partition coefficient (Wildman–Crippen LogP) is 1.52. The van der Waals surface area contributed by atoms with Gasteiger partial charge < -0.3 is 9.67 Å². The first-order valence-corrected chi connectivity index (χ1v) is 5.23. The van der Waals surface area contributed by atoms with Gasteiger partial charge in [-0.2, -0.15) is 5.10 Å². The zero-order chi connectivity index (χ0) is 10.7. The fourth-order valence-corrected chi connectivity index (χ4v) is 1.55. The van der Waals surface area contributed by atoms with Gasteiger partial charge in [0, 0.05) is 13.0 Å². The molecule has 0 bridgehead atoms. The molecule has 1 atom stereocenters. The third-order valence-corrected chi connectivity index (χ3v) is 2.17. The Morgan fingerprint density at radius 1 is 1.50 bits per heavy atom. The highest BCUT2D eigenvalue weighted by molar-refractivity contribution is 7.71. The van der Waals surface area contributed by atoms with Gasteiger partial charge in [0.15, 0.2) is 4.77 Å². The smallest absolute Gasteiger partial charge is 0.195 e. The van der Waals surface area contributed by atoms with E-state index in [1.807, 2.05) is 4.57 Å². The summed E-state index contributed by atoms with van der Waals surface area (Å²) < 4.78 is 2.58. The van der Waals surface area contributed by atoms with Crippen LogP contribution in [-0.4, -0.2) is 26.0 Å². The van der Waals surface area contributed by atoms with E-state index in [9.17, 15) is 5.11 Å². The number of H-pyrrole nitrogens is 1. The van der Waals surface area contributed by atoms with E-state index in [-0.39, 0.29) is 6.10 Å². The van der Waals surface area contributed by atoms with Crippen molar-refractivity contribution < 1.29 is 5.11 Å². The lowest BCUT2D eigenvalue weighted by molar-refractivity contribution is 0.191. The zero-order valence-electron chi connectivity index (χ0n) is 8.82. The van der Waals surface area contributed by atoms with Gasteiger partial charge in [-0.3, -0.25) is 5.10 Å². The van der Waals surface area contributed by atoms with Crippen LogP contribution in [0.2, 0.25) is 0 Å². The third kappa shape index (κ3) is 2.92. The molecule has 1 aromatic rings. The minimum Gasteiger partial charge on any atom is -0.393 e. The topological polar surface area (TPSA) is 53.8 Å². The maximum Gasteiger partial charge on any atom is 0.195 e. The van der Waals surface area contributed by atoms with Gasteiger partial charge in [0.1, 0.15) is 5.82 Å². The minimum atomic E-state index is -0.383. The molecule has 0 saturated carbocycles. The summed E-state index contributed by atoms with van der Waals surface area (Å²) in [5, 5.41) is 16.1. The van der Waals surface area contributed by atoms with Gasteiger partial charge >= 0.3 is 0 Å². The summed E-state index contributed by atoms with van der Waals surface area (Å²) in [5.74, 6) is 1.35. The molecule has 4 nitrogen and oxygen atoms in total. The second-order valence-electron chi connectivity index (χ2n) is 4.00. The molecule has 1 heterocycles. The maximum atomic E-state index is 9.27. The molecule has 14 heavy (non-hydrogen) atoms. The van der Waals surface area contributed by atoms with Gasteiger partial charge in [0.25, 0.3) is 0 Å². The molecule has 1 aromatic heterocycles. The molecular weight excluding hydrogens is 198 g/mol. The number of nitrogens with one attached hydrogen (secondary N) is 1. The zero-order valence-corrected chi connectivity index (χ0v) is 9.64. The van der Waals surface area contributed by atoms with Crippen molar-refractivity contribution >= 4 is 12.2 Å². The summed E-state index contributed by atoms with van der Waals surface area (Å²) >= 11 is 5.11. The Balaban J connectivity index is 2.88. The van der Waals surface area contributed by atoms with Crippen molar-refractivity contribution in [2.75, 3.05) is 0 Å². The summed E-state index contributed by atoms with van der Waals surface area (Å²) in [7, 11) is 0. The van der Waals surface area contributed by atoms with Gasteiger partial charge in [0.2, 0.25) is 0 Å². The van der Waals surface area contributed by atoms with Crippen LogP contribution in [-0.2, 0) is 13.0 Å². The van der Waals surface area contributed by atoms with Gasteiger partial charge in [-0.25, -0.2) is 0 Å². The minimum absolute atomic E-state index is 0.383. The van der Waals surface area contributed by atoms with E-state index in [2.05, 4.69) is 24.0 Å². The summed E-state index contributed by atoms with van der Waals surface area (Å²) in [6.07, 6.45) is 0.158. The number of aromatic nitrogens is 3. The molecule has 0 amide bonds. The first-order chi connectivity index (χ1) is 6.50. The van der Waals surface area contributed by atoms with Crippen molar-refractivity contribution in [1.82, 2.24) is 14.8 Å². The highest BCUT2D eigenvalue weighted by Gasteiger charge is 2.09. The Bertz CT molecular complexity index is 340. The molecule has 0 unspecified atom stereocenters. The van der Waals surface area contributed by atoms with E-state index in [1.54, 1.807) is 6.92 Å². The largest absolute Gasteiger partial charge is 0.393 e. The van der Waals surface area contributed by atoms with Gasteiger partial charge in [0.05, 0.1) is 6.10 Å². The maximum absolute atomic E-state index is 9.27. The summed E-state index contributed by atoms with van der Waals surface area (Å²) in [5.41, 5.74) is 0. The molecule has 0 aromatic carbocycles. The SMILES string of the molecule is CC(C)Cn1c(C[C@H](C)O)n[nH]c1=S. The van der Waals surface area contributed by atoms with E-state index in [0.29, 0.717) is 17.1 Å². The van der Waals surface area contributed by atoms with Crippen molar-refractivity contribution in [1.29, 1.82) is 0 Å².